The molecule has 1 fully saturated rings. The van der Waals surface area contributed by atoms with E-state index in [1.54, 1.807) is 24.3 Å². The van der Waals surface area contributed by atoms with Gasteiger partial charge in [0.25, 0.3) is 0 Å². The number of carbonyl (C=O) groups excluding carboxylic acids is 1. The number of benzene rings is 2. The summed E-state index contributed by atoms with van der Waals surface area (Å²) < 4.78 is 11.1. The molecule has 0 radical (unpaired) electrons. The fourth-order valence-electron chi connectivity index (χ4n) is 3.18. The van der Waals surface area contributed by atoms with Crippen molar-refractivity contribution in [1.82, 2.24) is 14.9 Å². The maximum absolute atomic E-state index is 12.4. The first-order valence-corrected chi connectivity index (χ1v) is 9.21. The Balaban J connectivity index is 1.34. The third-order valence-electron chi connectivity index (χ3n) is 4.70. The van der Waals surface area contributed by atoms with Crippen LogP contribution in [-0.4, -0.2) is 47.1 Å². The van der Waals surface area contributed by atoms with Crippen LogP contribution in [0.5, 0.6) is 11.6 Å². The van der Waals surface area contributed by atoms with E-state index in [1.165, 1.54) is 0 Å². The lowest BCUT2D eigenvalue weighted by Crippen LogP contribution is -2.29. The summed E-state index contributed by atoms with van der Waals surface area (Å²) in [5, 5.41) is 0. The summed E-state index contributed by atoms with van der Waals surface area (Å²) in [6.45, 7) is 1.21. The molecule has 0 aliphatic carbocycles. The van der Waals surface area contributed by atoms with Gasteiger partial charge in [0.15, 0.2) is 0 Å². The molecule has 0 bridgehead atoms. The monoisotopic (exact) mass is 375 g/mol. The third-order valence-corrected chi connectivity index (χ3v) is 4.70. The molecule has 3 aromatic rings. The zero-order valence-corrected chi connectivity index (χ0v) is 15.6. The van der Waals surface area contributed by atoms with Crippen LogP contribution in [0.4, 0.5) is 0 Å². The van der Waals surface area contributed by atoms with Gasteiger partial charge in [-0.2, -0.15) is 0 Å². The van der Waals surface area contributed by atoms with Crippen molar-refractivity contribution in [3.05, 3.63) is 66.4 Å². The molecule has 4 rings (SSSR count). The Bertz CT molecular complexity index is 1000. The topological polar surface area (TPSA) is 64.5 Å². The Labute approximate surface area is 163 Å². The van der Waals surface area contributed by atoms with Gasteiger partial charge in [-0.15, -0.1) is 0 Å². The molecule has 1 amide bonds. The van der Waals surface area contributed by atoms with E-state index >= 15 is 0 Å². The van der Waals surface area contributed by atoms with Gasteiger partial charge < -0.3 is 14.4 Å². The molecule has 28 heavy (non-hydrogen) atoms. The minimum Gasteiger partial charge on any atom is -0.497 e. The number of amides is 1. The highest BCUT2D eigenvalue weighted by Gasteiger charge is 2.26. The first-order valence-electron chi connectivity index (χ1n) is 9.21. The van der Waals surface area contributed by atoms with Crippen molar-refractivity contribution in [3.8, 4) is 11.6 Å². The minimum atomic E-state index is -0.0752. The SMILES string of the molecule is COc1ccc(C=CC(=O)N2CCC(Oc3cnc4ccccc4n3)C2)cc1. The average Bonchev–Trinajstić information content (AvgIpc) is 3.21. The van der Waals surface area contributed by atoms with Crippen LogP contribution in [0.25, 0.3) is 17.1 Å². The first kappa shape index (κ1) is 18.0. The number of likely N-dealkylation sites (tertiary alicyclic amines) is 1. The second-order valence-corrected chi connectivity index (χ2v) is 6.62. The number of hydrogen-bond acceptors (Lipinski definition) is 5. The quantitative estimate of drug-likeness (QED) is 0.640. The lowest BCUT2D eigenvalue weighted by Gasteiger charge is -2.15. The maximum Gasteiger partial charge on any atom is 0.246 e. The van der Waals surface area contributed by atoms with Crippen molar-refractivity contribution in [1.29, 1.82) is 0 Å². The molecule has 1 unspecified atom stereocenters. The Morgan fingerprint density at radius 2 is 1.93 bits per heavy atom. The molecule has 1 saturated heterocycles. The summed E-state index contributed by atoms with van der Waals surface area (Å²) in [7, 11) is 1.63. The highest BCUT2D eigenvalue weighted by molar-refractivity contribution is 5.92. The highest BCUT2D eigenvalue weighted by atomic mass is 16.5. The van der Waals surface area contributed by atoms with Crippen LogP contribution in [0.1, 0.15) is 12.0 Å². The summed E-state index contributed by atoms with van der Waals surface area (Å²) in [6.07, 6.45) is 5.74. The van der Waals surface area contributed by atoms with Gasteiger partial charge in [0.1, 0.15) is 11.9 Å². The summed E-state index contributed by atoms with van der Waals surface area (Å²) >= 11 is 0. The molecule has 142 valence electrons. The lowest BCUT2D eigenvalue weighted by atomic mass is 10.2. The smallest absolute Gasteiger partial charge is 0.246 e. The fraction of sp³-hybridized carbons (Fsp3) is 0.227. The van der Waals surface area contributed by atoms with Crippen molar-refractivity contribution in [2.24, 2.45) is 0 Å². The van der Waals surface area contributed by atoms with Crippen LogP contribution >= 0.6 is 0 Å². The van der Waals surface area contributed by atoms with Crippen LogP contribution in [0.15, 0.2) is 60.8 Å². The molecule has 2 aromatic carbocycles. The zero-order chi connectivity index (χ0) is 19.3. The van der Waals surface area contributed by atoms with Crippen LogP contribution < -0.4 is 9.47 Å². The van der Waals surface area contributed by atoms with Gasteiger partial charge in [0.2, 0.25) is 11.8 Å². The van der Waals surface area contributed by atoms with Crippen molar-refractivity contribution in [3.63, 3.8) is 0 Å². The van der Waals surface area contributed by atoms with Crippen molar-refractivity contribution in [2.75, 3.05) is 20.2 Å². The average molecular weight is 375 g/mol. The predicted octanol–water partition coefficient (Wildman–Crippen LogP) is 3.33. The molecule has 1 aliphatic heterocycles. The van der Waals surface area contributed by atoms with Crippen LogP contribution in [0, 0.1) is 0 Å². The van der Waals surface area contributed by atoms with Crippen molar-refractivity contribution < 1.29 is 14.3 Å². The summed E-state index contributed by atoms with van der Waals surface area (Å²) in [5.74, 6) is 1.26. The molecule has 1 aliphatic rings. The number of aromatic nitrogens is 2. The molecule has 0 spiro atoms. The third kappa shape index (κ3) is 4.11. The molecule has 0 N–H and O–H groups in total. The van der Waals surface area contributed by atoms with Gasteiger partial charge in [-0.1, -0.05) is 24.3 Å². The normalized spacial score (nSPS) is 16.6. The zero-order valence-electron chi connectivity index (χ0n) is 15.6. The number of carbonyl (C=O) groups is 1. The van der Waals surface area contributed by atoms with Gasteiger partial charge >= 0.3 is 0 Å². The lowest BCUT2D eigenvalue weighted by molar-refractivity contribution is -0.125. The second-order valence-electron chi connectivity index (χ2n) is 6.62. The van der Waals surface area contributed by atoms with Crippen LogP contribution in [0.2, 0.25) is 0 Å². The van der Waals surface area contributed by atoms with E-state index in [2.05, 4.69) is 9.97 Å². The highest BCUT2D eigenvalue weighted by Crippen LogP contribution is 2.19. The first-order chi connectivity index (χ1) is 13.7. The van der Waals surface area contributed by atoms with Gasteiger partial charge in [-0.25, -0.2) is 9.97 Å². The second kappa shape index (κ2) is 8.08. The van der Waals surface area contributed by atoms with Gasteiger partial charge in [-0.3, -0.25) is 4.79 Å². The number of ether oxygens (including phenoxy) is 2. The van der Waals surface area contributed by atoms with Crippen molar-refractivity contribution in [2.45, 2.75) is 12.5 Å². The Morgan fingerprint density at radius 1 is 1.14 bits per heavy atom. The van der Waals surface area contributed by atoms with E-state index in [1.807, 2.05) is 54.6 Å². The fourth-order valence-corrected chi connectivity index (χ4v) is 3.18. The summed E-state index contributed by atoms with van der Waals surface area (Å²) in [5.41, 5.74) is 2.59. The summed E-state index contributed by atoms with van der Waals surface area (Å²) in [6, 6.07) is 15.2. The predicted molar refractivity (Wildman–Crippen MR) is 107 cm³/mol. The largest absolute Gasteiger partial charge is 0.497 e. The number of para-hydroxylation sites is 2. The summed E-state index contributed by atoms with van der Waals surface area (Å²) in [4.78, 5) is 23.1. The van der Waals surface area contributed by atoms with E-state index in [9.17, 15) is 4.79 Å². The number of nitrogens with zero attached hydrogens (tertiary/aromatic N) is 3. The van der Waals surface area contributed by atoms with E-state index in [-0.39, 0.29) is 12.0 Å². The molecule has 6 nitrogen and oxygen atoms in total. The Kier molecular flexibility index (Phi) is 5.19. The number of rotatable bonds is 5. The van der Waals surface area contributed by atoms with Crippen LogP contribution in [-0.2, 0) is 4.79 Å². The van der Waals surface area contributed by atoms with Gasteiger partial charge in [0, 0.05) is 19.0 Å². The standard InChI is InChI=1S/C22H21N3O3/c1-27-17-9-6-16(7-10-17)8-11-22(26)25-13-12-18(15-25)28-21-14-23-19-4-2-3-5-20(19)24-21/h2-11,14,18H,12-13,15H2,1H3. The minimum absolute atomic E-state index is 0.0217. The van der Waals surface area contributed by atoms with E-state index < -0.39 is 0 Å². The van der Waals surface area contributed by atoms with E-state index in [0.717, 1.165) is 28.8 Å². The van der Waals surface area contributed by atoms with Gasteiger partial charge in [0.05, 0.1) is 30.9 Å². The number of methoxy groups -OCH3 is 1. The Hall–Kier alpha value is -3.41. The molecule has 0 saturated carbocycles. The molecule has 2 heterocycles. The molecular formula is C22H21N3O3. The molecule has 6 heteroatoms. The Morgan fingerprint density at radius 3 is 2.71 bits per heavy atom. The van der Waals surface area contributed by atoms with E-state index in [0.29, 0.717) is 19.0 Å². The molecular weight excluding hydrogens is 354 g/mol. The van der Waals surface area contributed by atoms with Gasteiger partial charge in [-0.05, 0) is 35.9 Å². The maximum atomic E-state index is 12.4. The molecule has 1 atom stereocenters. The van der Waals surface area contributed by atoms with E-state index in [4.69, 9.17) is 9.47 Å². The number of hydrogen-bond donors (Lipinski definition) is 0. The number of fused-ring (bicyclic) bond motifs is 1. The molecule has 1 aromatic heterocycles. The van der Waals surface area contributed by atoms with Crippen molar-refractivity contribution >= 4 is 23.0 Å². The van der Waals surface area contributed by atoms with Crippen LogP contribution in [0.3, 0.4) is 0 Å².